The van der Waals surface area contributed by atoms with E-state index in [4.69, 9.17) is 4.43 Å². The van der Waals surface area contributed by atoms with Crippen LogP contribution in [-0.2, 0) is 4.43 Å². The van der Waals surface area contributed by atoms with Crippen molar-refractivity contribution >= 4 is 19.4 Å². The third-order valence-electron chi connectivity index (χ3n) is 4.88. The molecule has 2 rings (SSSR count). The van der Waals surface area contributed by atoms with E-state index >= 15 is 0 Å². The normalized spacial score (nSPS) is 14.1. The van der Waals surface area contributed by atoms with Crippen molar-refractivity contribution in [2.45, 2.75) is 57.8 Å². The Hall–Kier alpha value is -1.46. The van der Waals surface area contributed by atoms with Gasteiger partial charge in [0, 0.05) is 6.61 Å². The van der Waals surface area contributed by atoms with Gasteiger partial charge < -0.3 is 4.43 Å². The second-order valence-electron chi connectivity index (χ2n) is 7.58. The van der Waals surface area contributed by atoms with E-state index in [1.807, 2.05) is 29.0 Å². The lowest BCUT2D eigenvalue weighted by Gasteiger charge is -2.36. The highest BCUT2D eigenvalue weighted by Gasteiger charge is 2.36. The maximum absolute atomic E-state index is 6.25. The zero-order valence-electron chi connectivity index (χ0n) is 15.0. The molecule has 0 aliphatic heterocycles. The zero-order valence-corrected chi connectivity index (χ0v) is 16.0. The highest BCUT2D eigenvalue weighted by Crippen LogP contribution is 2.36. The third kappa shape index (κ3) is 4.09. The summed E-state index contributed by atoms with van der Waals surface area (Å²) in [6, 6.07) is 8.20. The van der Waals surface area contributed by atoms with E-state index in [2.05, 4.69) is 56.8 Å². The average molecular weight is 332 g/mol. The number of rotatable bonds is 7. The van der Waals surface area contributed by atoms with Crippen molar-refractivity contribution in [3.05, 3.63) is 36.9 Å². The Bertz CT molecular complexity index is 658. The third-order valence-corrected chi connectivity index (χ3v) is 9.42. The number of hydrogen-bond acceptors (Lipinski definition) is 3. The summed E-state index contributed by atoms with van der Waals surface area (Å²) in [5, 5.41) is 8.78. The molecule has 0 aliphatic carbocycles. The lowest BCUT2D eigenvalue weighted by molar-refractivity contribution is 0.271. The molecule has 0 saturated heterocycles. The standard InChI is InChI=1S/C18H29N3OSi/c1-7-15(11-10-14-22-23(5,6)18(2,3)4)21-17-13-9-8-12-16(17)19-20-21/h7-9,12-13,15H,1,10-11,14H2,2-6H3. The van der Waals surface area contributed by atoms with Gasteiger partial charge in [0.15, 0.2) is 8.32 Å². The van der Waals surface area contributed by atoms with Crippen molar-refractivity contribution in [3.63, 3.8) is 0 Å². The summed E-state index contributed by atoms with van der Waals surface area (Å²) in [5.41, 5.74) is 1.99. The molecule has 1 heterocycles. The number of para-hydroxylation sites is 1. The first-order chi connectivity index (χ1) is 10.8. The van der Waals surface area contributed by atoms with Gasteiger partial charge in [0.1, 0.15) is 5.52 Å². The van der Waals surface area contributed by atoms with Crippen LogP contribution in [0.4, 0.5) is 0 Å². The van der Waals surface area contributed by atoms with Crippen molar-refractivity contribution in [2.24, 2.45) is 0 Å². The average Bonchev–Trinajstić information content (AvgIpc) is 2.90. The van der Waals surface area contributed by atoms with E-state index < -0.39 is 8.32 Å². The molecule has 1 aromatic carbocycles. The highest BCUT2D eigenvalue weighted by molar-refractivity contribution is 6.74. The van der Waals surface area contributed by atoms with Crippen molar-refractivity contribution in [3.8, 4) is 0 Å². The van der Waals surface area contributed by atoms with Gasteiger partial charge in [-0.05, 0) is 43.1 Å². The SMILES string of the molecule is C=CC(CCCO[Si](C)(C)C(C)(C)C)n1nnc2ccccc21. The molecule has 0 N–H and O–H groups in total. The predicted molar refractivity (Wildman–Crippen MR) is 99.1 cm³/mol. The fourth-order valence-electron chi connectivity index (χ4n) is 2.31. The molecule has 0 fully saturated rings. The lowest BCUT2D eigenvalue weighted by Crippen LogP contribution is -2.41. The number of aromatic nitrogens is 3. The summed E-state index contributed by atoms with van der Waals surface area (Å²) in [4.78, 5) is 0. The monoisotopic (exact) mass is 331 g/mol. The molecule has 0 radical (unpaired) electrons. The largest absolute Gasteiger partial charge is 0.417 e. The molecule has 23 heavy (non-hydrogen) atoms. The maximum atomic E-state index is 6.25. The molecule has 1 atom stereocenters. The van der Waals surface area contributed by atoms with Gasteiger partial charge >= 0.3 is 0 Å². The van der Waals surface area contributed by atoms with E-state index in [9.17, 15) is 0 Å². The Morgan fingerprint density at radius 3 is 2.65 bits per heavy atom. The van der Waals surface area contributed by atoms with Gasteiger partial charge in [-0.2, -0.15) is 0 Å². The van der Waals surface area contributed by atoms with Crippen LogP contribution in [0, 0.1) is 0 Å². The maximum Gasteiger partial charge on any atom is 0.191 e. The molecule has 1 unspecified atom stereocenters. The van der Waals surface area contributed by atoms with Crippen molar-refractivity contribution in [2.75, 3.05) is 6.61 Å². The molecule has 0 amide bonds. The summed E-state index contributed by atoms with van der Waals surface area (Å²) >= 11 is 0. The summed E-state index contributed by atoms with van der Waals surface area (Å²) in [6.45, 7) is 16.2. The number of allylic oxidation sites excluding steroid dienone is 1. The van der Waals surface area contributed by atoms with Crippen LogP contribution in [0.2, 0.25) is 18.1 Å². The fraction of sp³-hybridized carbons (Fsp3) is 0.556. The molecule has 0 saturated carbocycles. The molecule has 2 aromatic rings. The van der Waals surface area contributed by atoms with Gasteiger partial charge in [0.25, 0.3) is 0 Å². The number of benzene rings is 1. The van der Waals surface area contributed by atoms with Crippen LogP contribution in [0.25, 0.3) is 11.0 Å². The van der Waals surface area contributed by atoms with Crippen molar-refractivity contribution in [1.29, 1.82) is 0 Å². The van der Waals surface area contributed by atoms with Gasteiger partial charge in [-0.3, -0.25) is 0 Å². The van der Waals surface area contributed by atoms with Crippen LogP contribution in [0.3, 0.4) is 0 Å². The Labute approximate surface area is 140 Å². The second-order valence-corrected chi connectivity index (χ2v) is 12.4. The van der Waals surface area contributed by atoms with Crippen LogP contribution in [0.5, 0.6) is 0 Å². The van der Waals surface area contributed by atoms with E-state index in [-0.39, 0.29) is 11.1 Å². The van der Waals surface area contributed by atoms with Crippen LogP contribution < -0.4 is 0 Å². The van der Waals surface area contributed by atoms with Crippen molar-refractivity contribution < 1.29 is 4.43 Å². The smallest absolute Gasteiger partial charge is 0.191 e. The van der Waals surface area contributed by atoms with Gasteiger partial charge in [-0.15, -0.1) is 11.7 Å². The first-order valence-corrected chi connectivity index (χ1v) is 11.2. The molecular weight excluding hydrogens is 302 g/mol. The summed E-state index contributed by atoms with van der Waals surface area (Å²) in [5.74, 6) is 0. The summed E-state index contributed by atoms with van der Waals surface area (Å²) in [6.07, 6.45) is 3.91. The molecule has 0 bridgehead atoms. The molecule has 126 valence electrons. The molecule has 0 aliphatic rings. The first kappa shape index (κ1) is 17.9. The van der Waals surface area contributed by atoms with E-state index in [0.29, 0.717) is 0 Å². The van der Waals surface area contributed by atoms with Gasteiger partial charge in [0.05, 0.1) is 11.6 Å². The van der Waals surface area contributed by atoms with Gasteiger partial charge in [-0.25, -0.2) is 4.68 Å². The summed E-state index contributed by atoms with van der Waals surface area (Å²) < 4.78 is 8.22. The molecule has 5 heteroatoms. The lowest BCUT2D eigenvalue weighted by atomic mass is 10.1. The first-order valence-electron chi connectivity index (χ1n) is 8.33. The summed E-state index contributed by atoms with van der Waals surface area (Å²) in [7, 11) is -1.66. The van der Waals surface area contributed by atoms with E-state index in [1.54, 1.807) is 0 Å². The quantitative estimate of drug-likeness (QED) is 0.409. The minimum absolute atomic E-state index is 0.158. The van der Waals surface area contributed by atoms with Crippen LogP contribution in [-0.4, -0.2) is 29.9 Å². The Morgan fingerprint density at radius 1 is 1.30 bits per heavy atom. The Morgan fingerprint density at radius 2 is 2.00 bits per heavy atom. The topological polar surface area (TPSA) is 39.9 Å². The van der Waals surface area contributed by atoms with Gasteiger partial charge in [0.2, 0.25) is 0 Å². The molecular formula is C18H29N3OSi. The number of fused-ring (bicyclic) bond motifs is 1. The van der Waals surface area contributed by atoms with E-state index in [1.165, 1.54) is 0 Å². The molecule has 4 nitrogen and oxygen atoms in total. The van der Waals surface area contributed by atoms with Crippen LogP contribution in [0.15, 0.2) is 36.9 Å². The molecule has 0 spiro atoms. The minimum Gasteiger partial charge on any atom is -0.417 e. The highest BCUT2D eigenvalue weighted by atomic mass is 28.4. The van der Waals surface area contributed by atoms with Crippen molar-refractivity contribution in [1.82, 2.24) is 15.0 Å². The second kappa shape index (κ2) is 6.97. The van der Waals surface area contributed by atoms with Crippen LogP contribution in [0.1, 0.15) is 39.7 Å². The number of hydrogen-bond donors (Lipinski definition) is 0. The number of nitrogens with zero attached hydrogens (tertiary/aromatic N) is 3. The zero-order chi connectivity index (χ0) is 17.1. The molecule has 1 aromatic heterocycles. The van der Waals surface area contributed by atoms with Gasteiger partial charge in [-0.1, -0.05) is 44.2 Å². The Balaban J connectivity index is 1.95. The van der Waals surface area contributed by atoms with E-state index in [0.717, 1.165) is 30.5 Å². The minimum atomic E-state index is -1.66. The Kier molecular flexibility index (Phi) is 5.42. The predicted octanol–water partition coefficient (Wildman–Crippen LogP) is 4.96. The van der Waals surface area contributed by atoms with Crippen LogP contribution >= 0.6 is 0 Å². The fourth-order valence-corrected chi connectivity index (χ4v) is 3.40.